The first kappa shape index (κ1) is 17.8. The van der Waals surface area contributed by atoms with E-state index in [0.717, 1.165) is 34.4 Å². The molecule has 3 aromatic rings. The summed E-state index contributed by atoms with van der Waals surface area (Å²) >= 11 is 0. The van der Waals surface area contributed by atoms with Crippen molar-refractivity contribution in [2.45, 2.75) is 19.9 Å². The van der Waals surface area contributed by atoms with Crippen molar-refractivity contribution in [1.82, 2.24) is 5.43 Å². The number of benzene rings is 3. The summed E-state index contributed by atoms with van der Waals surface area (Å²) in [6.45, 7) is 3.38. The molecule has 0 atom stereocenters. The van der Waals surface area contributed by atoms with Gasteiger partial charge in [-0.3, -0.25) is 0 Å². The Kier molecular flexibility index (Phi) is 6.09. The number of hydrogen-bond acceptors (Lipinski definition) is 4. The molecule has 0 heterocycles. The van der Waals surface area contributed by atoms with E-state index in [1.54, 1.807) is 7.11 Å². The summed E-state index contributed by atoms with van der Waals surface area (Å²) in [7, 11) is 1.68. The van der Waals surface area contributed by atoms with Gasteiger partial charge in [-0.2, -0.15) is 5.10 Å². The number of nitrogens with zero attached hydrogens (tertiary/aromatic N) is 1. The third kappa shape index (κ3) is 4.14. The van der Waals surface area contributed by atoms with E-state index in [2.05, 4.69) is 35.7 Å². The molecule has 134 valence electrons. The highest BCUT2D eigenvalue weighted by Crippen LogP contribution is 2.27. The number of ether oxygens (including phenoxy) is 2. The molecule has 3 aromatic carbocycles. The van der Waals surface area contributed by atoms with E-state index in [1.807, 2.05) is 48.7 Å². The van der Waals surface area contributed by atoms with Gasteiger partial charge < -0.3 is 14.9 Å². The number of hydrazone groups is 1. The number of hydrogen-bond donors (Lipinski definition) is 1. The molecular formula is C22H24N2O2. The second kappa shape index (κ2) is 8.90. The normalized spacial score (nSPS) is 11.0. The lowest BCUT2D eigenvalue weighted by Crippen LogP contribution is -2.07. The van der Waals surface area contributed by atoms with Crippen LogP contribution in [0.1, 0.15) is 24.5 Å². The molecule has 0 radical (unpaired) electrons. The lowest BCUT2D eigenvalue weighted by atomic mass is 10.0. The van der Waals surface area contributed by atoms with Crippen LogP contribution in [0.2, 0.25) is 0 Å². The van der Waals surface area contributed by atoms with Crippen LogP contribution in [0.25, 0.3) is 10.8 Å². The van der Waals surface area contributed by atoms with Crippen LogP contribution in [0, 0.1) is 0 Å². The fraction of sp³-hybridized carbons (Fsp3) is 0.227. The maximum absolute atomic E-state index is 5.91. The van der Waals surface area contributed by atoms with Gasteiger partial charge >= 0.3 is 0 Å². The second-order valence-corrected chi connectivity index (χ2v) is 5.95. The van der Waals surface area contributed by atoms with E-state index in [0.29, 0.717) is 13.2 Å². The number of fused-ring (bicyclic) bond motifs is 1. The van der Waals surface area contributed by atoms with Crippen molar-refractivity contribution >= 4 is 17.0 Å². The number of para-hydroxylation sites is 1. The van der Waals surface area contributed by atoms with Crippen LogP contribution in [-0.2, 0) is 6.54 Å². The average molecular weight is 348 g/mol. The molecule has 0 amide bonds. The molecule has 0 spiro atoms. The van der Waals surface area contributed by atoms with Crippen molar-refractivity contribution in [3.63, 3.8) is 0 Å². The van der Waals surface area contributed by atoms with Gasteiger partial charge in [0, 0.05) is 11.1 Å². The van der Waals surface area contributed by atoms with Crippen LogP contribution in [0.4, 0.5) is 0 Å². The highest BCUT2D eigenvalue weighted by atomic mass is 16.5. The van der Waals surface area contributed by atoms with Gasteiger partial charge in [-0.15, -0.1) is 0 Å². The van der Waals surface area contributed by atoms with Gasteiger partial charge in [-0.05, 0) is 29.3 Å². The topological polar surface area (TPSA) is 42.8 Å². The summed E-state index contributed by atoms with van der Waals surface area (Å²) in [6.07, 6.45) is 2.80. The van der Waals surface area contributed by atoms with Crippen molar-refractivity contribution in [2.75, 3.05) is 13.7 Å². The van der Waals surface area contributed by atoms with Gasteiger partial charge in [-0.1, -0.05) is 55.5 Å². The van der Waals surface area contributed by atoms with Crippen molar-refractivity contribution in [3.05, 3.63) is 71.8 Å². The molecular weight excluding hydrogens is 324 g/mol. The molecule has 3 rings (SSSR count). The predicted molar refractivity (Wildman–Crippen MR) is 107 cm³/mol. The minimum Gasteiger partial charge on any atom is -0.496 e. The predicted octanol–water partition coefficient (Wildman–Crippen LogP) is 4.76. The lowest BCUT2D eigenvalue weighted by molar-refractivity contribution is 0.317. The van der Waals surface area contributed by atoms with Crippen LogP contribution in [-0.4, -0.2) is 19.9 Å². The van der Waals surface area contributed by atoms with Crippen LogP contribution in [0.3, 0.4) is 0 Å². The maximum atomic E-state index is 5.91. The molecule has 0 bridgehead atoms. The quantitative estimate of drug-likeness (QED) is 0.471. The fourth-order valence-corrected chi connectivity index (χ4v) is 2.84. The molecule has 0 unspecified atom stereocenters. The minimum atomic E-state index is 0.594. The van der Waals surface area contributed by atoms with Gasteiger partial charge in [0.2, 0.25) is 0 Å². The molecule has 0 aliphatic heterocycles. The molecule has 0 saturated heterocycles. The second-order valence-electron chi connectivity index (χ2n) is 5.95. The summed E-state index contributed by atoms with van der Waals surface area (Å²) in [6, 6.07) is 20.3. The van der Waals surface area contributed by atoms with Crippen LogP contribution >= 0.6 is 0 Å². The van der Waals surface area contributed by atoms with Crippen molar-refractivity contribution < 1.29 is 9.47 Å². The van der Waals surface area contributed by atoms with E-state index >= 15 is 0 Å². The maximum Gasteiger partial charge on any atom is 0.128 e. The Bertz CT molecular complexity index is 890. The van der Waals surface area contributed by atoms with Crippen LogP contribution < -0.4 is 14.9 Å². The van der Waals surface area contributed by atoms with E-state index in [1.165, 1.54) is 5.39 Å². The Balaban J connectivity index is 1.81. The zero-order valence-corrected chi connectivity index (χ0v) is 15.2. The van der Waals surface area contributed by atoms with E-state index in [4.69, 9.17) is 9.47 Å². The van der Waals surface area contributed by atoms with Crippen LogP contribution in [0.5, 0.6) is 11.5 Å². The molecule has 26 heavy (non-hydrogen) atoms. The highest BCUT2D eigenvalue weighted by Gasteiger charge is 2.07. The van der Waals surface area contributed by atoms with E-state index in [-0.39, 0.29) is 0 Å². The van der Waals surface area contributed by atoms with Gasteiger partial charge in [0.1, 0.15) is 11.5 Å². The van der Waals surface area contributed by atoms with Gasteiger partial charge in [0.25, 0.3) is 0 Å². The number of rotatable bonds is 8. The van der Waals surface area contributed by atoms with Crippen molar-refractivity contribution in [2.24, 2.45) is 5.10 Å². The summed E-state index contributed by atoms with van der Waals surface area (Å²) in [5.74, 6) is 1.71. The average Bonchev–Trinajstić information content (AvgIpc) is 2.70. The summed E-state index contributed by atoms with van der Waals surface area (Å²) in [5, 5.41) is 6.72. The molecule has 4 nitrogen and oxygen atoms in total. The smallest absolute Gasteiger partial charge is 0.128 e. The molecule has 0 aliphatic carbocycles. The largest absolute Gasteiger partial charge is 0.496 e. The lowest BCUT2D eigenvalue weighted by Gasteiger charge is -2.11. The SMILES string of the molecule is CCCOc1ccc2ccccc2c1/C=N\NCc1ccccc1OC. The zero-order valence-electron chi connectivity index (χ0n) is 15.2. The minimum absolute atomic E-state index is 0.594. The number of methoxy groups -OCH3 is 1. The highest BCUT2D eigenvalue weighted by molar-refractivity contribution is 6.02. The van der Waals surface area contributed by atoms with Gasteiger partial charge in [0.05, 0.1) is 26.5 Å². The number of nitrogens with one attached hydrogen (secondary N) is 1. The Hall–Kier alpha value is -3.01. The molecule has 4 heteroatoms. The molecule has 1 N–H and O–H groups in total. The first-order valence-electron chi connectivity index (χ1n) is 8.86. The van der Waals surface area contributed by atoms with Crippen molar-refractivity contribution in [1.29, 1.82) is 0 Å². The molecule has 0 aliphatic rings. The monoisotopic (exact) mass is 348 g/mol. The van der Waals surface area contributed by atoms with E-state index < -0.39 is 0 Å². The van der Waals surface area contributed by atoms with Crippen molar-refractivity contribution in [3.8, 4) is 11.5 Å². The third-order valence-electron chi connectivity index (χ3n) is 4.14. The Morgan fingerprint density at radius 1 is 0.962 bits per heavy atom. The summed E-state index contributed by atoms with van der Waals surface area (Å²) < 4.78 is 11.3. The Labute approximate surface area is 154 Å². The molecule has 0 saturated carbocycles. The summed E-state index contributed by atoms with van der Waals surface area (Å²) in [4.78, 5) is 0. The molecule has 0 fully saturated rings. The van der Waals surface area contributed by atoms with Crippen LogP contribution in [0.15, 0.2) is 65.8 Å². The first-order chi connectivity index (χ1) is 12.8. The Morgan fingerprint density at radius 2 is 1.77 bits per heavy atom. The third-order valence-corrected chi connectivity index (χ3v) is 4.14. The van der Waals surface area contributed by atoms with Gasteiger partial charge in [0.15, 0.2) is 0 Å². The Morgan fingerprint density at radius 3 is 2.62 bits per heavy atom. The van der Waals surface area contributed by atoms with E-state index in [9.17, 15) is 0 Å². The van der Waals surface area contributed by atoms with Gasteiger partial charge in [-0.25, -0.2) is 0 Å². The summed E-state index contributed by atoms with van der Waals surface area (Å²) in [5.41, 5.74) is 5.16. The first-order valence-corrected chi connectivity index (χ1v) is 8.86. The molecule has 0 aromatic heterocycles. The fourth-order valence-electron chi connectivity index (χ4n) is 2.84. The standard InChI is InChI=1S/C22H24N2O2/c1-3-14-26-22-13-12-17-8-4-6-10-19(17)20(22)16-24-23-15-18-9-5-7-11-21(18)25-2/h4-13,16,23H,3,14-15H2,1-2H3/b24-16-. The zero-order chi connectivity index (χ0) is 18.2.